The van der Waals surface area contributed by atoms with Gasteiger partial charge in [-0.1, -0.05) is 42.5 Å². The number of carbonyl (C=O) groups excluding carboxylic acids is 1. The number of nitro benzene ring substituents is 1. The van der Waals surface area contributed by atoms with E-state index in [0.29, 0.717) is 11.1 Å². The van der Waals surface area contributed by atoms with Gasteiger partial charge in [0, 0.05) is 18.6 Å². The summed E-state index contributed by atoms with van der Waals surface area (Å²) in [6, 6.07) is 12.2. The molecule has 0 unspecified atom stereocenters. The van der Waals surface area contributed by atoms with Gasteiger partial charge in [-0.05, 0) is 11.1 Å². The summed E-state index contributed by atoms with van der Waals surface area (Å²) in [5.74, 6) is -2.10. The fourth-order valence-electron chi connectivity index (χ4n) is 2.23. The SMILES string of the molecule is O=C(O)[C@H](Cc1ccc([N+](=O)[O-])cc1)NC(=O)[C@@H](O)c1ccccc1. The highest BCUT2D eigenvalue weighted by atomic mass is 16.6. The first-order chi connectivity index (χ1) is 11.9. The number of aliphatic hydroxyl groups excluding tert-OH is 1. The fraction of sp³-hybridized carbons (Fsp3) is 0.176. The van der Waals surface area contributed by atoms with E-state index in [4.69, 9.17) is 0 Å². The van der Waals surface area contributed by atoms with Crippen LogP contribution in [0.5, 0.6) is 0 Å². The molecule has 0 spiro atoms. The molecule has 130 valence electrons. The Morgan fingerprint density at radius 2 is 1.68 bits per heavy atom. The Morgan fingerprint density at radius 3 is 2.20 bits per heavy atom. The van der Waals surface area contributed by atoms with Crippen molar-refractivity contribution in [2.24, 2.45) is 0 Å². The van der Waals surface area contributed by atoms with E-state index in [1.54, 1.807) is 30.3 Å². The van der Waals surface area contributed by atoms with Gasteiger partial charge >= 0.3 is 5.97 Å². The van der Waals surface area contributed by atoms with Crippen LogP contribution in [0.3, 0.4) is 0 Å². The van der Waals surface area contributed by atoms with Gasteiger partial charge in [-0.25, -0.2) is 4.79 Å². The summed E-state index contributed by atoms with van der Waals surface area (Å²) in [7, 11) is 0. The third-order valence-electron chi connectivity index (χ3n) is 3.57. The number of carboxylic acid groups (broad SMARTS) is 1. The fourth-order valence-corrected chi connectivity index (χ4v) is 2.23. The second kappa shape index (κ2) is 8.02. The lowest BCUT2D eigenvalue weighted by Gasteiger charge is -2.17. The molecular weight excluding hydrogens is 328 g/mol. The maximum absolute atomic E-state index is 12.1. The van der Waals surface area contributed by atoms with Crippen LogP contribution < -0.4 is 5.32 Å². The summed E-state index contributed by atoms with van der Waals surface area (Å²) < 4.78 is 0. The maximum Gasteiger partial charge on any atom is 0.326 e. The van der Waals surface area contributed by atoms with Crippen LogP contribution in [-0.2, 0) is 16.0 Å². The molecule has 0 radical (unpaired) electrons. The van der Waals surface area contributed by atoms with E-state index >= 15 is 0 Å². The molecule has 0 aliphatic rings. The Balaban J connectivity index is 2.06. The molecule has 3 N–H and O–H groups in total. The molecule has 8 heteroatoms. The van der Waals surface area contributed by atoms with Gasteiger partial charge in [0.1, 0.15) is 6.04 Å². The van der Waals surface area contributed by atoms with E-state index in [0.717, 1.165) is 0 Å². The lowest BCUT2D eigenvalue weighted by Crippen LogP contribution is -2.44. The normalized spacial score (nSPS) is 12.8. The van der Waals surface area contributed by atoms with Crippen molar-refractivity contribution >= 4 is 17.6 Å². The molecule has 0 bridgehead atoms. The standard InChI is InChI=1S/C17H16N2O6/c20-15(12-4-2-1-3-5-12)16(21)18-14(17(22)23)10-11-6-8-13(9-7-11)19(24)25/h1-9,14-15,20H,10H2,(H,18,21)(H,22,23)/t14-,15-/m0/s1. The van der Waals surface area contributed by atoms with Crippen molar-refractivity contribution < 1.29 is 24.7 Å². The van der Waals surface area contributed by atoms with E-state index in [9.17, 15) is 29.9 Å². The number of aliphatic hydroxyl groups is 1. The van der Waals surface area contributed by atoms with Gasteiger partial charge in [0.05, 0.1) is 4.92 Å². The Hall–Kier alpha value is -3.26. The number of nitrogens with zero attached hydrogens (tertiary/aromatic N) is 1. The van der Waals surface area contributed by atoms with E-state index in [2.05, 4.69) is 5.32 Å². The number of carboxylic acids is 1. The molecule has 8 nitrogen and oxygen atoms in total. The lowest BCUT2D eigenvalue weighted by molar-refractivity contribution is -0.384. The molecule has 25 heavy (non-hydrogen) atoms. The van der Waals surface area contributed by atoms with Crippen molar-refractivity contribution in [1.82, 2.24) is 5.32 Å². The largest absolute Gasteiger partial charge is 0.480 e. The number of hydrogen-bond donors (Lipinski definition) is 3. The minimum absolute atomic E-state index is 0.0689. The first-order valence-corrected chi connectivity index (χ1v) is 7.38. The highest BCUT2D eigenvalue weighted by Crippen LogP contribution is 2.15. The second-order valence-corrected chi connectivity index (χ2v) is 5.34. The molecule has 0 saturated heterocycles. The molecular formula is C17H16N2O6. The quantitative estimate of drug-likeness (QED) is 0.515. The topological polar surface area (TPSA) is 130 Å². The average molecular weight is 344 g/mol. The van der Waals surface area contributed by atoms with Crippen LogP contribution in [-0.4, -0.2) is 33.1 Å². The smallest absolute Gasteiger partial charge is 0.326 e. The third-order valence-corrected chi connectivity index (χ3v) is 3.57. The molecule has 0 aromatic heterocycles. The first-order valence-electron chi connectivity index (χ1n) is 7.38. The van der Waals surface area contributed by atoms with Gasteiger partial charge in [0.2, 0.25) is 0 Å². The number of nitro groups is 1. The molecule has 0 heterocycles. The van der Waals surface area contributed by atoms with Crippen LogP contribution in [0, 0.1) is 10.1 Å². The number of hydrogen-bond acceptors (Lipinski definition) is 5. The third kappa shape index (κ3) is 4.85. The Labute approximate surface area is 142 Å². The summed E-state index contributed by atoms with van der Waals surface area (Å²) in [5, 5.41) is 32.2. The lowest BCUT2D eigenvalue weighted by atomic mass is 10.0. The van der Waals surface area contributed by atoms with Gasteiger partial charge < -0.3 is 15.5 Å². The monoisotopic (exact) mass is 344 g/mol. The van der Waals surface area contributed by atoms with Crippen molar-refractivity contribution in [3.63, 3.8) is 0 Å². The van der Waals surface area contributed by atoms with Crippen molar-refractivity contribution in [2.45, 2.75) is 18.6 Å². The summed E-state index contributed by atoms with van der Waals surface area (Å²) in [6.07, 6.45) is -1.56. The van der Waals surface area contributed by atoms with Gasteiger partial charge in [-0.2, -0.15) is 0 Å². The van der Waals surface area contributed by atoms with Gasteiger partial charge in [0.25, 0.3) is 11.6 Å². The van der Waals surface area contributed by atoms with Crippen LogP contribution in [0.4, 0.5) is 5.69 Å². The molecule has 2 rings (SSSR count). The molecule has 2 atom stereocenters. The number of amides is 1. The second-order valence-electron chi connectivity index (χ2n) is 5.34. The summed E-state index contributed by atoms with van der Waals surface area (Å²) in [4.78, 5) is 33.5. The molecule has 0 fully saturated rings. The maximum atomic E-state index is 12.1. The molecule has 0 aliphatic heterocycles. The number of carbonyl (C=O) groups is 2. The molecule has 2 aromatic carbocycles. The Kier molecular flexibility index (Phi) is 5.80. The van der Waals surface area contributed by atoms with Crippen LogP contribution in [0.2, 0.25) is 0 Å². The summed E-state index contributed by atoms with van der Waals surface area (Å²) in [5.41, 5.74) is 0.742. The van der Waals surface area contributed by atoms with E-state index in [1.807, 2.05) is 0 Å². The van der Waals surface area contributed by atoms with E-state index < -0.39 is 28.9 Å². The molecule has 2 aromatic rings. The van der Waals surface area contributed by atoms with Gasteiger partial charge in [-0.15, -0.1) is 0 Å². The predicted molar refractivity (Wildman–Crippen MR) is 87.8 cm³/mol. The number of non-ortho nitro benzene ring substituents is 1. The zero-order chi connectivity index (χ0) is 18.4. The highest BCUT2D eigenvalue weighted by Gasteiger charge is 2.25. The van der Waals surface area contributed by atoms with Crippen LogP contribution >= 0.6 is 0 Å². The van der Waals surface area contributed by atoms with Crippen LogP contribution in [0.1, 0.15) is 17.2 Å². The number of aliphatic carboxylic acids is 1. The van der Waals surface area contributed by atoms with Crippen molar-refractivity contribution in [3.05, 3.63) is 75.8 Å². The summed E-state index contributed by atoms with van der Waals surface area (Å²) in [6.45, 7) is 0. The number of nitrogens with one attached hydrogen (secondary N) is 1. The van der Waals surface area contributed by atoms with Crippen LogP contribution in [0.25, 0.3) is 0 Å². The molecule has 0 aliphatic carbocycles. The minimum atomic E-state index is -1.49. The van der Waals surface area contributed by atoms with Gasteiger partial charge in [0.15, 0.2) is 6.10 Å². The number of benzene rings is 2. The highest BCUT2D eigenvalue weighted by molar-refractivity contribution is 5.87. The van der Waals surface area contributed by atoms with Crippen molar-refractivity contribution in [2.75, 3.05) is 0 Å². The number of rotatable bonds is 7. The van der Waals surface area contributed by atoms with Gasteiger partial charge in [-0.3, -0.25) is 14.9 Å². The Morgan fingerprint density at radius 1 is 1.08 bits per heavy atom. The van der Waals surface area contributed by atoms with E-state index in [-0.39, 0.29) is 12.1 Å². The Bertz CT molecular complexity index is 760. The minimum Gasteiger partial charge on any atom is -0.480 e. The van der Waals surface area contributed by atoms with Crippen molar-refractivity contribution in [1.29, 1.82) is 0 Å². The predicted octanol–water partition coefficient (Wildman–Crippen LogP) is 1.44. The first kappa shape index (κ1) is 18.1. The molecule has 1 amide bonds. The zero-order valence-corrected chi connectivity index (χ0v) is 13.0. The average Bonchev–Trinajstić information content (AvgIpc) is 2.61. The summed E-state index contributed by atoms with van der Waals surface area (Å²) >= 11 is 0. The van der Waals surface area contributed by atoms with E-state index in [1.165, 1.54) is 24.3 Å². The van der Waals surface area contributed by atoms with Crippen LogP contribution in [0.15, 0.2) is 54.6 Å². The zero-order valence-electron chi connectivity index (χ0n) is 13.0. The molecule has 0 saturated carbocycles. The van der Waals surface area contributed by atoms with Crippen molar-refractivity contribution in [3.8, 4) is 0 Å².